The first-order chi connectivity index (χ1) is 10.3. The van der Waals surface area contributed by atoms with Crippen LogP contribution in [0.3, 0.4) is 0 Å². The molecule has 0 bridgehead atoms. The first-order valence-electron chi connectivity index (χ1n) is 7.64. The smallest absolute Gasteiger partial charge is 0.420 e. The average Bonchev–Trinajstić information content (AvgIpc) is 2.79. The Morgan fingerprint density at radius 2 is 1.77 bits per heavy atom. The lowest BCUT2D eigenvalue weighted by Crippen LogP contribution is -2.26. The highest BCUT2D eigenvalue weighted by Crippen LogP contribution is 2.23. The molecule has 4 nitrogen and oxygen atoms in total. The first-order valence-corrected chi connectivity index (χ1v) is 8.02. The Morgan fingerprint density at radius 3 is 2.27 bits per heavy atom. The van der Waals surface area contributed by atoms with Crippen LogP contribution in [-0.2, 0) is 4.74 Å². The maximum atomic E-state index is 12.0. The second-order valence-corrected chi connectivity index (χ2v) is 5.62. The SMILES string of the molecule is CC.CC.Cc1cn(C(=O)OC(C)(C)C)c2ncc(Cl)cc12. The van der Waals surface area contributed by atoms with Crippen LogP contribution in [0.1, 0.15) is 54.0 Å². The summed E-state index contributed by atoms with van der Waals surface area (Å²) in [7, 11) is 0. The zero-order chi connectivity index (χ0) is 17.5. The summed E-state index contributed by atoms with van der Waals surface area (Å²) in [6, 6.07) is 1.79. The molecule has 0 spiro atoms. The van der Waals surface area contributed by atoms with E-state index in [-0.39, 0.29) is 0 Å². The molecule has 0 N–H and O–H groups in total. The van der Waals surface area contributed by atoms with Crippen molar-refractivity contribution in [2.45, 2.75) is 61.0 Å². The van der Waals surface area contributed by atoms with Gasteiger partial charge in [0.05, 0.1) is 5.02 Å². The van der Waals surface area contributed by atoms with E-state index in [0.29, 0.717) is 10.7 Å². The fourth-order valence-electron chi connectivity index (χ4n) is 1.69. The molecule has 22 heavy (non-hydrogen) atoms. The van der Waals surface area contributed by atoms with E-state index in [1.165, 1.54) is 10.8 Å². The molecule has 2 heterocycles. The molecule has 0 aliphatic rings. The zero-order valence-corrected chi connectivity index (χ0v) is 15.6. The summed E-state index contributed by atoms with van der Waals surface area (Å²) in [4.78, 5) is 16.2. The predicted molar refractivity (Wildman–Crippen MR) is 93.8 cm³/mol. The van der Waals surface area contributed by atoms with Crippen LogP contribution < -0.4 is 0 Å². The van der Waals surface area contributed by atoms with Gasteiger partial charge in [0.2, 0.25) is 0 Å². The molecule has 0 saturated carbocycles. The summed E-state index contributed by atoms with van der Waals surface area (Å²) in [5, 5.41) is 1.40. The van der Waals surface area contributed by atoms with E-state index >= 15 is 0 Å². The van der Waals surface area contributed by atoms with Crippen molar-refractivity contribution in [2.75, 3.05) is 0 Å². The molecule has 0 aliphatic carbocycles. The number of ether oxygens (including phenoxy) is 1. The highest BCUT2D eigenvalue weighted by molar-refractivity contribution is 6.31. The minimum absolute atomic E-state index is 0.435. The number of aryl methyl sites for hydroxylation is 1. The van der Waals surface area contributed by atoms with Crippen molar-refractivity contribution >= 4 is 28.7 Å². The molecule has 0 unspecified atom stereocenters. The molecule has 2 rings (SSSR count). The Kier molecular flexibility index (Phi) is 8.17. The Balaban J connectivity index is 0.00000102. The van der Waals surface area contributed by atoms with Gasteiger partial charge in [-0.1, -0.05) is 39.3 Å². The molecule has 0 aliphatic heterocycles. The van der Waals surface area contributed by atoms with Crippen molar-refractivity contribution in [3.63, 3.8) is 0 Å². The maximum Gasteiger partial charge on any atom is 0.420 e. The number of nitrogens with zero attached hydrogens (tertiary/aromatic N) is 2. The fraction of sp³-hybridized carbons (Fsp3) is 0.529. The molecule has 0 saturated heterocycles. The number of hydrogen-bond acceptors (Lipinski definition) is 3. The van der Waals surface area contributed by atoms with Crippen molar-refractivity contribution in [1.29, 1.82) is 0 Å². The van der Waals surface area contributed by atoms with E-state index in [2.05, 4.69) is 4.98 Å². The maximum absolute atomic E-state index is 12.0. The lowest BCUT2D eigenvalue weighted by Gasteiger charge is -2.19. The monoisotopic (exact) mass is 326 g/mol. The molecule has 2 aromatic rings. The third-order valence-corrected chi connectivity index (χ3v) is 2.61. The molecule has 0 radical (unpaired) electrons. The van der Waals surface area contributed by atoms with Crippen molar-refractivity contribution in [1.82, 2.24) is 9.55 Å². The normalized spacial score (nSPS) is 10.2. The molecule has 2 aromatic heterocycles. The third kappa shape index (κ3) is 5.34. The van der Waals surface area contributed by atoms with Gasteiger partial charge in [0, 0.05) is 17.8 Å². The minimum Gasteiger partial charge on any atom is -0.443 e. The van der Waals surface area contributed by atoms with Gasteiger partial charge in [-0.15, -0.1) is 0 Å². The minimum atomic E-state index is -0.534. The lowest BCUT2D eigenvalue weighted by molar-refractivity contribution is 0.0543. The van der Waals surface area contributed by atoms with Crippen LogP contribution in [0, 0.1) is 6.92 Å². The Bertz CT molecular complexity index is 613. The summed E-state index contributed by atoms with van der Waals surface area (Å²) in [5.41, 5.74) is 0.964. The molecule has 0 amide bonds. The van der Waals surface area contributed by atoms with E-state index in [4.69, 9.17) is 16.3 Å². The van der Waals surface area contributed by atoms with Crippen molar-refractivity contribution < 1.29 is 9.53 Å². The summed E-state index contributed by atoms with van der Waals surface area (Å²) >= 11 is 5.90. The number of pyridine rings is 1. The summed E-state index contributed by atoms with van der Waals surface area (Å²) in [6.07, 6.45) is 2.79. The number of hydrogen-bond donors (Lipinski definition) is 0. The van der Waals surface area contributed by atoms with Crippen molar-refractivity contribution in [2.24, 2.45) is 0 Å². The van der Waals surface area contributed by atoms with Crippen molar-refractivity contribution in [3.05, 3.63) is 29.0 Å². The number of rotatable bonds is 0. The van der Waals surface area contributed by atoms with Gasteiger partial charge in [-0.05, 0) is 39.3 Å². The van der Waals surface area contributed by atoms with Crippen LogP contribution in [0.15, 0.2) is 18.5 Å². The lowest BCUT2D eigenvalue weighted by atomic mass is 10.2. The molecule has 0 atom stereocenters. The van der Waals surface area contributed by atoms with Crippen LogP contribution in [-0.4, -0.2) is 21.2 Å². The Morgan fingerprint density at radius 1 is 1.23 bits per heavy atom. The second kappa shape index (κ2) is 8.79. The second-order valence-electron chi connectivity index (χ2n) is 5.19. The number of fused-ring (bicyclic) bond motifs is 1. The van der Waals surface area contributed by atoms with E-state index < -0.39 is 11.7 Å². The fourth-order valence-corrected chi connectivity index (χ4v) is 1.85. The summed E-state index contributed by atoms with van der Waals surface area (Å²) < 4.78 is 6.74. The van der Waals surface area contributed by atoms with E-state index in [0.717, 1.165) is 10.9 Å². The highest BCUT2D eigenvalue weighted by atomic mass is 35.5. The molecule has 0 fully saturated rings. The third-order valence-electron chi connectivity index (χ3n) is 2.40. The quantitative estimate of drug-likeness (QED) is 0.611. The predicted octanol–water partition coefficient (Wildman–Crippen LogP) is 5.83. The highest BCUT2D eigenvalue weighted by Gasteiger charge is 2.20. The van der Waals surface area contributed by atoms with Gasteiger partial charge in [0.15, 0.2) is 0 Å². The number of aromatic nitrogens is 2. The van der Waals surface area contributed by atoms with Gasteiger partial charge in [-0.2, -0.15) is 0 Å². The van der Waals surface area contributed by atoms with Crippen LogP contribution >= 0.6 is 11.6 Å². The first kappa shape index (κ1) is 20.5. The molecular formula is C17H27ClN2O2. The van der Waals surface area contributed by atoms with Gasteiger partial charge in [-0.25, -0.2) is 14.3 Å². The van der Waals surface area contributed by atoms with Gasteiger partial charge in [0.1, 0.15) is 11.2 Å². The topological polar surface area (TPSA) is 44.1 Å². The van der Waals surface area contributed by atoms with Crippen LogP contribution in [0.2, 0.25) is 5.02 Å². The molecule has 5 heteroatoms. The van der Waals surface area contributed by atoms with Crippen LogP contribution in [0.4, 0.5) is 4.79 Å². The number of halogens is 1. The number of carbonyl (C=O) groups excluding carboxylic acids is 1. The Hall–Kier alpha value is -1.55. The van der Waals surface area contributed by atoms with Crippen LogP contribution in [0.5, 0.6) is 0 Å². The largest absolute Gasteiger partial charge is 0.443 e. The van der Waals surface area contributed by atoms with Gasteiger partial charge in [0.25, 0.3) is 0 Å². The zero-order valence-electron chi connectivity index (χ0n) is 14.8. The Labute approximate surface area is 138 Å². The van der Waals surface area contributed by atoms with Gasteiger partial charge in [-0.3, -0.25) is 0 Å². The molecule has 124 valence electrons. The van der Waals surface area contributed by atoms with Crippen LogP contribution in [0.25, 0.3) is 11.0 Å². The van der Waals surface area contributed by atoms with E-state index in [9.17, 15) is 4.79 Å². The molecular weight excluding hydrogens is 300 g/mol. The van der Waals surface area contributed by atoms with Gasteiger partial charge >= 0.3 is 6.09 Å². The summed E-state index contributed by atoms with van der Waals surface area (Å²) in [6.45, 7) is 15.4. The van der Waals surface area contributed by atoms with Crippen molar-refractivity contribution in [3.8, 4) is 0 Å². The van der Waals surface area contributed by atoms with E-state index in [1.54, 1.807) is 12.3 Å². The summed E-state index contributed by atoms with van der Waals surface area (Å²) in [5.74, 6) is 0. The van der Waals surface area contributed by atoms with E-state index in [1.807, 2.05) is 55.4 Å². The standard InChI is InChI=1S/C13H15ClN2O2.2C2H6/c1-8-7-16(12(17)18-13(2,3)4)11-10(8)5-9(14)6-15-11;2*1-2/h5-7H,1-4H3;2*1-2H3. The average molecular weight is 327 g/mol. The molecule has 0 aromatic carbocycles. The van der Waals surface area contributed by atoms with Gasteiger partial charge < -0.3 is 4.74 Å². The number of carbonyl (C=O) groups is 1.